The molecule has 1 fully saturated rings. The van der Waals surface area contributed by atoms with Gasteiger partial charge in [-0.05, 0) is 49.4 Å². The summed E-state index contributed by atoms with van der Waals surface area (Å²) >= 11 is 1.35. The molecular formula is C20H24FN3O2S. The van der Waals surface area contributed by atoms with Crippen molar-refractivity contribution in [3.05, 3.63) is 51.5 Å². The van der Waals surface area contributed by atoms with Gasteiger partial charge in [0.1, 0.15) is 10.7 Å². The van der Waals surface area contributed by atoms with Crippen LogP contribution in [0, 0.1) is 5.82 Å². The van der Waals surface area contributed by atoms with Crippen LogP contribution in [0.4, 0.5) is 14.9 Å². The zero-order valence-corrected chi connectivity index (χ0v) is 15.9. The number of nitrogens with two attached hydrogens (primary N) is 1. The summed E-state index contributed by atoms with van der Waals surface area (Å²) in [6, 6.07) is 7.74. The molecular weight excluding hydrogens is 365 g/mol. The minimum atomic E-state index is -0.698. The van der Waals surface area contributed by atoms with Crippen LogP contribution < -0.4 is 16.4 Å². The second-order valence-electron chi connectivity index (χ2n) is 6.88. The molecule has 0 radical (unpaired) electrons. The first-order valence-corrected chi connectivity index (χ1v) is 10.1. The monoisotopic (exact) mass is 389 g/mol. The van der Waals surface area contributed by atoms with Crippen LogP contribution >= 0.6 is 11.3 Å². The summed E-state index contributed by atoms with van der Waals surface area (Å²) in [6.45, 7) is 0. The van der Waals surface area contributed by atoms with E-state index in [0.29, 0.717) is 23.4 Å². The standard InChI is InChI=1S/C20H24FN3O2S/c21-14-6-4-5-13(11-14)9-10-16-12-17(24-20(22)26)18(27-16)19(25)23-15-7-2-1-3-8-15/h4-6,11-12,15H,1-3,7-10H2,(H,23,25)(H3,22,24,26). The zero-order valence-electron chi connectivity index (χ0n) is 15.1. The van der Waals surface area contributed by atoms with Gasteiger partial charge in [-0.25, -0.2) is 9.18 Å². The number of carbonyl (C=O) groups is 2. The number of nitrogens with one attached hydrogen (secondary N) is 2. The Morgan fingerprint density at radius 3 is 2.63 bits per heavy atom. The Labute approximate surface area is 162 Å². The van der Waals surface area contributed by atoms with Gasteiger partial charge in [-0.1, -0.05) is 31.4 Å². The summed E-state index contributed by atoms with van der Waals surface area (Å²) < 4.78 is 13.3. The van der Waals surface area contributed by atoms with Crippen molar-refractivity contribution in [1.29, 1.82) is 0 Å². The fraction of sp³-hybridized carbons (Fsp3) is 0.400. The third-order valence-corrected chi connectivity index (χ3v) is 5.93. The van der Waals surface area contributed by atoms with E-state index < -0.39 is 6.03 Å². The van der Waals surface area contributed by atoms with Crippen LogP contribution in [-0.4, -0.2) is 18.0 Å². The third-order valence-electron chi connectivity index (χ3n) is 4.74. The predicted octanol–water partition coefficient (Wildman–Crippen LogP) is 4.23. The lowest BCUT2D eigenvalue weighted by Crippen LogP contribution is -2.36. The van der Waals surface area contributed by atoms with Gasteiger partial charge in [-0.2, -0.15) is 0 Å². The minimum Gasteiger partial charge on any atom is -0.351 e. The minimum absolute atomic E-state index is 0.173. The quantitative estimate of drug-likeness (QED) is 0.691. The first-order valence-electron chi connectivity index (χ1n) is 9.26. The number of rotatable bonds is 6. The number of carbonyl (C=O) groups excluding carboxylic acids is 2. The molecule has 27 heavy (non-hydrogen) atoms. The second-order valence-corrected chi connectivity index (χ2v) is 8.02. The molecule has 1 aromatic carbocycles. The smallest absolute Gasteiger partial charge is 0.316 e. The van der Waals surface area contributed by atoms with E-state index in [1.807, 2.05) is 6.07 Å². The van der Waals surface area contributed by atoms with Crippen LogP contribution in [-0.2, 0) is 12.8 Å². The highest BCUT2D eigenvalue weighted by atomic mass is 32.1. The third kappa shape index (κ3) is 5.53. The van der Waals surface area contributed by atoms with Gasteiger partial charge in [0.05, 0.1) is 5.69 Å². The molecule has 0 aliphatic heterocycles. The molecule has 7 heteroatoms. The van der Waals surface area contributed by atoms with Crippen molar-refractivity contribution < 1.29 is 14.0 Å². The number of halogens is 1. The Morgan fingerprint density at radius 2 is 1.93 bits per heavy atom. The fourth-order valence-electron chi connectivity index (χ4n) is 3.42. The lowest BCUT2D eigenvalue weighted by molar-refractivity contribution is 0.0932. The number of anilines is 1. The molecule has 4 N–H and O–H groups in total. The summed E-state index contributed by atoms with van der Waals surface area (Å²) in [5.41, 5.74) is 6.58. The van der Waals surface area contributed by atoms with E-state index in [2.05, 4.69) is 10.6 Å². The van der Waals surface area contributed by atoms with Gasteiger partial charge < -0.3 is 16.4 Å². The average Bonchev–Trinajstić information content (AvgIpc) is 3.03. The van der Waals surface area contributed by atoms with Crippen molar-refractivity contribution >= 4 is 29.0 Å². The van der Waals surface area contributed by atoms with E-state index in [9.17, 15) is 14.0 Å². The molecule has 1 aliphatic rings. The molecule has 0 atom stereocenters. The van der Waals surface area contributed by atoms with Crippen molar-refractivity contribution in [3.63, 3.8) is 0 Å². The Kier molecular flexibility index (Phi) is 6.45. The maximum Gasteiger partial charge on any atom is 0.316 e. The average molecular weight is 389 g/mol. The van der Waals surface area contributed by atoms with Crippen molar-refractivity contribution in [2.75, 3.05) is 5.32 Å². The van der Waals surface area contributed by atoms with E-state index >= 15 is 0 Å². The number of primary amides is 1. The molecule has 0 bridgehead atoms. The number of amides is 3. The van der Waals surface area contributed by atoms with E-state index in [1.54, 1.807) is 12.1 Å². The van der Waals surface area contributed by atoms with E-state index in [1.165, 1.54) is 29.9 Å². The molecule has 1 aromatic heterocycles. The lowest BCUT2D eigenvalue weighted by Gasteiger charge is -2.22. The fourth-order valence-corrected chi connectivity index (χ4v) is 4.43. The molecule has 0 unspecified atom stereocenters. The molecule has 0 saturated heterocycles. The molecule has 2 aromatic rings. The summed E-state index contributed by atoms with van der Waals surface area (Å²) in [5, 5.41) is 5.62. The van der Waals surface area contributed by atoms with Crippen LogP contribution in [0.2, 0.25) is 0 Å². The van der Waals surface area contributed by atoms with Crippen LogP contribution in [0.3, 0.4) is 0 Å². The highest BCUT2D eigenvalue weighted by Crippen LogP contribution is 2.29. The molecule has 0 spiro atoms. The molecule has 3 rings (SSSR count). The number of benzene rings is 1. The largest absolute Gasteiger partial charge is 0.351 e. The van der Waals surface area contributed by atoms with Gasteiger partial charge in [0.15, 0.2) is 0 Å². The van der Waals surface area contributed by atoms with Gasteiger partial charge in [0, 0.05) is 10.9 Å². The van der Waals surface area contributed by atoms with Crippen LogP contribution in [0.25, 0.3) is 0 Å². The summed E-state index contributed by atoms with van der Waals surface area (Å²) in [5.74, 6) is -0.435. The van der Waals surface area contributed by atoms with Gasteiger partial charge >= 0.3 is 6.03 Å². The summed E-state index contributed by atoms with van der Waals surface area (Å²) in [4.78, 5) is 25.4. The molecule has 5 nitrogen and oxygen atoms in total. The van der Waals surface area contributed by atoms with Crippen molar-refractivity contribution in [2.45, 2.75) is 51.0 Å². The van der Waals surface area contributed by atoms with Gasteiger partial charge in [-0.3, -0.25) is 4.79 Å². The Bertz CT molecular complexity index is 815. The molecule has 3 amide bonds. The highest BCUT2D eigenvalue weighted by molar-refractivity contribution is 7.14. The lowest BCUT2D eigenvalue weighted by atomic mass is 9.95. The van der Waals surface area contributed by atoms with Crippen molar-refractivity contribution in [1.82, 2.24) is 5.32 Å². The molecule has 1 heterocycles. The zero-order chi connectivity index (χ0) is 19.2. The molecule has 144 valence electrons. The Morgan fingerprint density at radius 1 is 1.15 bits per heavy atom. The maximum atomic E-state index is 13.3. The second kappa shape index (κ2) is 8.99. The summed E-state index contributed by atoms with van der Waals surface area (Å²) in [6.07, 6.45) is 6.74. The maximum absolute atomic E-state index is 13.3. The molecule has 1 saturated carbocycles. The van der Waals surface area contributed by atoms with Crippen LogP contribution in [0.15, 0.2) is 30.3 Å². The van der Waals surface area contributed by atoms with E-state index in [-0.39, 0.29) is 17.8 Å². The highest BCUT2D eigenvalue weighted by Gasteiger charge is 2.21. The van der Waals surface area contributed by atoms with Gasteiger partial charge in [0.2, 0.25) is 0 Å². The van der Waals surface area contributed by atoms with Crippen LogP contribution in [0.1, 0.15) is 52.2 Å². The number of hydrogen-bond donors (Lipinski definition) is 3. The molecule has 1 aliphatic carbocycles. The number of thiophene rings is 1. The van der Waals surface area contributed by atoms with Crippen molar-refractivity contribution in [2.24, 2.45) is 5.73 Å². The number of hydrogen-bond acceptors (Lipinski definition) is 3. The predicted molar refractivity (Wildman–Crippen MR) is 106 cm³/mol. The SMILES string of the molecule is NC(=O)Nc1cc(CCc2cccc(F)c2)sc1C(=O)NC1CCCCC1. The van der Waals surface area contributed by atoms with Gasteiger partial charge in [-0.15, -0.1) is 11.3 Å². The topological polar surface area (TPSA) is 84.2 Å². The number of aryl methyl sites for hydroxylation is 2. The van der Waals surface area contributed by atoms with E-state index in [0.717, 1.165) is 36.1 Å². The Hall–Kier alpha value is -2.41. The van der Waals surface area contributed by atoms with Gasteiger partial charge in [0.25, 0.3) is 5.91 Å². The number of urea groups is 1. The van der Waals surface area contributed by atoms with E-state index in [4.69, 9.17) is 5.73 Å². The first-order chi connectivity index (χ1) is 13.0. The van der Waals surface area contributed by atoms with Crippen LogP contribution in [0.5, 0.6) is 0 Å². The normalized spacial score (nSPS) is 14.7. The first kappa shape index (κ1) is 19.4. The van der Waals surface area contributed by atoms with Crippen molar-refractivity contribution in [3.8, 4) is 0 Å². The summed E-state index contributed by atoms with van der Waals surface area (Å²) in [7, 11) is 0. The Balaban J connectivity index is 1.71.